The summed E-state index contributed by atoms with van der Waals surface area (Å²) in [6.07, 6.45) is 2.72. The van der Waals surface area contributed by atoms with Gasteiger partial charge < -0.3 is 30.9 Å². The van der Waals surface area contributed by atoms with Crippen LogP contribution in [0.3, 0.4) is 0 Å². The molecular formula is C35H55N5O7. The Hall–Kier alpha value is -4.22. The number of amides is 5. The average Bonchev–Trinajstić information content (AvgIpc) is 3.46. The lowest BCUT2D eigenvalue weighted by molar-refractivity contribution is -0.144. The molecule has 2 rings (SSSR count). The first-order valence-electron chi connectivity index (χ1n) is 16.2. The van der Waals surface area contributed by atoms with Gasteiger partial charge in [0.05, 0.1) is 6.54 Å². The summed E-state index contributed by atoms with van der Waals surface area (Å²) in [4.78, 5) is 78.7. The van der Waals surface area contributed by atoms with Crippen molar-refractivity contribution in [3.63, 3.8) is 0 Å². The van der Waals surface area contributed by atoms with Crippen molar-refractivity contribution >= 4 is 35.5 Å². The van der Waals surface area contributed by atoms with Crippen molar-refractivity contribution in [2.75, 3.05) is 13.1 Å². The number of alkyl carbamates (subject to hydrolysis) is 1. The van der Waals surface area contributed by atoms with Crippen molar-refractivity contribution in [3.8, 4) is 0 Å². The van der Waals surface area contributed by atoms with Crippen molar-refractivity contribution < 1.29 is 33.5 Å². The Bertz CT molecular complexity index is 1270. The van der Waals surface area contributed by atoms with E-state index in [2.05, 4.69) is 41.7 Å². The molecule has 1 aromatic carbocycles. The van der Waals surface area contributed by atoms with Gasteiger partial charge in [-0.3, -0.25) is 24.0 Å². The van der Waals surface area contributed by atoms with Crippen LogP contribution in [-0.4, -0.2) is 77.2 Å². The van der Waals surface area contributed by atoms with E-state index in [1.165, 1.54) is 17.4 Å². The zero-order valence-electron chi connectivity index (χ0n) is 29.6. The quantitative estimate of drug-likeness (QED) is 0.197. The number of likely N-dealkylation sites (tertiary alicyclic amines) is 1. The van der Waals surface area contributed by atoms with Crippen molar-refractivity contribution in [3.05, 3.63) is 48.0 Å². The number of carbonyl (C=O) groups is 6. The number of aryl methyl sites for hydroxylation is 1. The van der Waals surface area contributed by atoms with Gasteiger partial charge in [0, 0.05) is 13.1 Å². The highest BCUT2D eigenvalue weighted by Gasteiger charge is 2.43. The SMILES string of the molecule is C=CCC(NC(=O)[C@@H]1CCCN1C(=O)[C@@H](NC(=O)OC(C)(C)C)C(C)(C)C)C(=O)C(=O)NCC(=O)NCc1cccc(C)c1.CCC. The fraction of sp³-hybridized carbons (Fsp3) is 0.600. The maximum Gasteiger partial charge on any atom is 0.408 e. The van der Waals surface area contributed by atoms with Gasteiger partial charge in [0.1, 0.15) is 23.7 Å². The van der Waals surface area contributed by atoms with Crippen molar-refractivity contribution in [1.29, 1.82) is 0 Å². The molecule has 0 aliphatic carbocycles. The standard InChI is InChI=1S/C32H47N5O7.C3H8/c1-9-12-22(25(39)28(41)34-19-24(38)33-18-21-14-10-13-20(2)17-21)35-27(40)23-15-11-16-37(23)29(42)26(31(3,4)5)36-30(43)44-32(6,7)8;1-3-2/h9-10,13-14,17,22-23,26H,1,11-12,15-16,18-19H2,2-8H3,(H,33,38)(H,34,41)(H,35,40)(H,36,43);3H2,1-2H3/t22?,23-,26+;/m0./s1. The molecule has 3 atom stereocenters. The largest absolute Gasteiger partial charge is 0.444 e. The molecule has 0 spiro atoms. The van der Waals surface area contributed by atoms with Crippen LogP contribution in [0.25, 0.3) is 0 Å². The third-order valence-corrected chi connectivity index (χ3v) is 6.85. The number of ether oxygens (including phenoxy) is 1. The second-order valence-corrected chi connectivity index (χ2v) is 13.7. The molecule has 4 N–H and O–H groups in total. The third-order valence-electron chi connectivity index (χ3n) is 6.85. The highest BCUT2D eigenvalue weighted by Crippen LogP contribution is 2.26. The minimum Gasteiger partial charge on any atom is -0.444 e. The summed E-state index contributed by atoms with van der Waals surface area (Å²) in [6, 6.07) is 4.44. The van der Waals surface area contributed by atoms with Crippen LogP contribution in [-0.2, 0) is 35.3 Å². The first kappa shape index (κ1) is 40.8. The molecule has 0 saturated carbocycles. The molecular weight excluding hydrogens is 602 g/mol. The number of Topliss-reactive ketones (excluding diaryl/α,β-unsaturated/α-hetero) is 1. The normalized spacial score (nSPS) is 15.6. The first-order chi connectivity index (χ1) is 21.8. The van der Waals surface area contributed by atoms with E-state index in [0.29, 0.717) is 12.8 Å². The Morgan fingerprint density at radius 3 is 2.21 bits per heavy atom. The number of rotatable bonds is 12. The molecule has 1 heterocycles. The summed E-state index contributed by atoms with van der Waals surface area (Å²) in [5.74, 6) is -3.52. The van der Waals surface area contributed by atoms with Crippen LogP contribution in [0.4, 0.5) is 4.79 Å². The molecule has 5 amide bonds. The van der Waals surface area contributed by atoms with Gasteiger partial charge in [-0.05, 0) is 57.9 Å². The molecule has 1 aliphatic heterocycles. The number of carbonyl (C=O) groups excluding carboxylic acids is 6. The van der Waals surface area contributed by atoms with Crippen LogP contribution in [0.2, 0.25) is 0 Å². The minimum atomic E-state index is -1.24. The molecule has 47 heavy (non-hydrogen) atoms. The number of nitrogens with one attached hydrogen (secondary N) is 4. The lowest BCUT2D eigenvalue weighted by Gasteiger charge is -2.36. The first-order valence-corrected chi connectivity index (χ1v) is 16.2. The van der Waals surface area contributed by atoms with E-state index in [1.54, 1.807) is 41.5 Å². The summed E-state index contributed by atoms with van der Waals surface area (Å²) in [6.45, 7) is 20.4. The van der Waals surface area contributed by atoms with Crippen LogP contribution in [0.15, 0.2) is 36.9 Å². The lowest BCUT2D eigenvalue weighted by Crippen LogP contribution is -2.59. The Balaban J connectivity index is 0.00000354. The number of ketones is 1. The Morgan fingerprint density at radius 2 is 1.66 bits per heavy atom. The van der Waals surface area contributed by atoms with Crippen molar-refractivity contribution in [1.82, 2.24) is 26.2 Å². The van der Waals surface area contributed by atoms with E-state index < -0.39 is 71.2 Å². The summed E-state index contributed by atoms with van der Waals surface area (Å²) in [5, 5.41) is 10.2. The van der Waals surface area contributed by atoms with Gasteiger partial charge in [0.15, 0.2) is 0 Å². The van der Waals surface area contributed by atoms with Gasteiger partial charge in [0.25, 0.3) is 5.91 Å². The monoisotopic (exact) mass is 657 g/mol. The van der Waals surface area contributed by atoms with E-state index in [-0.39, 0.29) is 19.5 Å². The van der Waals surface area contributed by atoms with Gasteiger partial charge in [-0.1, -0.05) is 76.9 Å². The fourth-order valence-electron chi connectivity index (χ4n) is 4.70. The summed E-state index contributed by atoms with van der Waals surface area (Å²) >= 11 is 0. The maximum absolute atomic E-state index is 13.7. The Labute approximate surface area is 279 Å². The molecule has 12 nitrogen and oxygen atoms in total. The van der Waals surface area contributed by atoms with Gasteiger partial charge in [0.2, 0.25) is 23.5 Å². The Morgan fingerprint density at radius 1 is 1.02 bits per heavy atom. The molecule has 262 valence electrons. The Kier molecular flexibility index (Phi) is 16.3. The molecule has 12 heteroatoms. The van der Waals surface area contributed by atoms with E-state index in [4.69, 9.17) is 4.74 Å². The number of hydrogen-bond acceptors (Lipinski definition) is 7. The third kappa shape index (κ3) is 14.4. The molecule has 1 unspecified atom stereocenters. The summed E-state index contributed by atoms with van der Waals surface area (Å²) < 4.78 is 5.34. The molecule has 1 aromatic rings. The van der Waals surface area contributed by atoms with Crippen molar-refractivity contribution in [2.45, 2.75) is 118 Å². The van der Waals surface area contributed by atoms with Crippen LogP contribution in [0.1, 0.15) is 92.2 Å². The van der Waals surface area contributed by atoms with Crippen LogP contribution < -0.4 is 21.3 Å². The fourth-order valence-corrected chi connectivity index (χ4v) is 4.70. The topological polar surface area (TPSA) is 163 Å². The predicted octanol–water partition coefficient (Wildman–Crippen LogP) is 3.70. The lowest BCUT2D eigenvalue weighted by atomic mass is 9.85. The molecule has 1 aliphatic rings. The van der Waals surface area contributed by atoms with Gasteiger partial charge in [-0.25, -0.2) is 4.79 Å². The second kappa shape index (κ2) is 18.8. The number of benzene rings is 1. The molecule has 0 aromatic heterocycles. The average molecular weight is 658 g/mol. The molecule has 0 radical (unpaired) electrons. The van der Waals surface area contributed by atoms with E-state index in [0.717, 1.165) is 11.1 Å². The number of nitrogens with zero attached hydrogens (tertiary/aromatic N) is 1. The van der Waals surface area contributed by atoms with Gasteiger partial charge in [-0.15, -0.1) is 6.58 Å². The molecule has 1 saturated heterocycles. The van der Waals surface area contributed by atoms with E-state index >= 15 is 0 Å². The second-order valence-electron chi connectivity index (χ2n) is 13.7. The van der Waals surface area contributed by atoms with Crippen LogP contribution in [0.5, 0.6) is 0 Å². The highest BCUT2D eigenvalue weighted by atomic mass is 16.6. The van der Waals surface area contributed by atoms with Crippen molar-refractivity contribution in [2.24, 2.45) is 5.41 Å². The summed E-state index contributed by atoms with van der Waals surface area (Å²) in [5.41, 5.74) is 0.463. The summed E-state index contributed by atoms with van der Waals surface area (Å²) in [7, 11) is 0. The van der Waals surface area contributed by atoms with Gasteiger partial charge in [-0.2, -0.15) is 0 Å². The smallest absolute Gasteiger partial charge is 0.408 e. The molecule has 1 fully saturated rings. The number of hydrogen-bond donors (Lipinski definition) is 4. The minimum absolute atomic E-state index is 0.0387. The van der Waals surface area contributed by atoms with E-state index in [9.17, 15) is 28.8 Å². The van der Waals surface area contributed by atoms with Crippen LogP contribution >= 0.6 is 0 Å². The zero-order valence-corrected chi connectivity index (χ0v) is 29.6. The highest BCUT2D eigenvalue weighted by molar-refractivity contribution is 6.38. The molecule has 0 bridgehead atoms. The predicted molar refractivity (Wildman–Crippen MR) is 181 cm³/mol. The van der Waals surface area contributed by atoms with Crippen LogP contribution in [0, 0.1) is 12.3 Å². The zero-order chi connectivity index (χ0) is 35.9. The van der Waals surface area contributed by atoms with Gasteiger partial charge >= 0.3 is 6.09 Å². The maximum atomic E-state index is 13.7. The van der Waals surface area contributed by atoms with E-state index in [1.807, 2.05) is 31.2 Å².